The van der Waals surface area contributed by atoms with Crippen molar-refractivity contribution in [2.45, 2.75) is 31.4 Å². The maximum Gasteiger partial charge on any atom is 0.240 e. The van der Waals surface area contributed by atoms with Gasteiger partial charge in [-0.15, -0.1) is 0 Å². The summed E-state index contributed by atoms with van der Waals surface area (Å²) in [6.45, 7) is 3.23. The maximum atomic E-state index is 13.6. The van der Waals surface area contributed by atoms with Crippen LogP contribution in [0, 0.1) is 12.7 Å². The molecule has 0 fully saturated rings. The van der Waals surface area contributed by atoms with E-state index >= 15 is 0 Å². The molecule has 0 aliphatic carbocycles. The van der Waals surface area contributed by atoms with Crippen LogP contribution in [-0.2, 0) is 16.6 Å². The molecule has 1 atom stereocenters. The molecule has 114 valence electrons. The van der Waals surface area contributed by atoms with E-state index in [1.165, 1.54) is 13.0 Å². The number of rotatable bonds is 6. The smallest absolute Gasteiger partial charge is 0.240 e. The van der Waals surface area contributed by atoms with E-state index in [2.05, 4.69) is 4.72 Å². The van der Waals surface area contributed by atoms with Gasteiger partial charge in [0.2, 0.25) is 10.0 Å². The number of likely N-dealkylation sites (N-methyl/N-ethyl adjacent to an activating group) is 1. The first-order valence-electron chi connectivity index (χ1n) is 6.24. The molecule has 0 bridgehead atoms. The van der Waals surface area contributed by atoms with Crippen LogP contribution in [0.2, 0.25) is 0 Å². The van der Waals surface area contributed by atoms with Gasteiger partial charge in [-0.3, -0.25) is 0 Å². The Kier molecular flexibility index (Phi) is 5.64. The summed E-state index contributed by atoms with van der Waals surface area (Å²) < 4.78 is 40.6. The molecule has 2 N–H and O–H groups in total. The highest BCUT2D eigenvalue weighted by Crippen LogP contribution is 2.19. The highest BCUT2D eigenvalue weighted by Gasteiger charge is 2.20. The topological polar surface area (TPSA) is 69.6 Å². The third kappa shape index (κ3) is 4.24. The van der Waals surface area contributed by atoms with E-state index < -0.39 is 22.4 Å². The lowest BCUT2D eigenvalue weighted by atomic mass is 10.1. The molecule has 1 unspecified atom stereocenters. The van der Waals surface area contributed by atoms with Crippen molar-refractivity contribution < 1.29 is 17.9 Å². The van der Waals surface area contributed by atoms with Crippen molar-refractivity contribution >= 4 is 10.0 Å². The summed E-state index contributed by atoms with van der Waals surface area (Å²) in [6.07, 6.45) is 0. The Morgan fingerprint density at radius 1 is 1.40 bits per heavy atom. The lowest BCUT2D eigenvalue weighted by Crippen LogP contribution is -2.39. The molecule has 0 radical (unpaired) electrons. The van der Waals surface area contributed by atoms with Crippen LogP contribution in [0.15, 0.2) is 17.0 Å². The first kappa shape index (κ1) is 17.0. The minimum absolute atomic E-state index is 0.0226. The Morgan fingerprint density at radius 2 is 2.00 bits per heavy atom. The monoisotopic (exact) mass is 304 g/mol. The molecule has 0 aliphatic heterocycles. The molecule has 1 rings (SSSR count). The molecular weight excluding hydrogens is 283 g/mol. The minimum atomic E-state index is -3.73. The molecule has 0 saturated heterocycles. The molecule has 0 heterocycles. The zero-order valence-electron chi connectivity index (χ0n) is 12.1. The van der Waals surface area contributed by atoms with Crippen LogP contribution in [0.25, 0.3) is 0 Å². The SMILES string of the molecule is Cc1cc(S(=O)(=O)NC(C)CN(C)C)cc(CO)c1F. The Labute approximate surface area is 119 Å². The molecule has 1 aromatic rings. The van der Waals surface area contributed by atoms with Gasteiger partial charge < -0.3 is 10.0 Å². The summed E-state index contributed by atoms with van der Waals surface area (Å²) in [7, 11) is -0.0435. The molecule has 0 aliphatic rings. The van der Waals surface area contributed by atoms with E-state index in [-0.39, 0.29) is 22.1 Å². The molecule has 20 heavy (non-hydrogen) atoms. The highest BCUT2D eigenvalue weighted by molar-refractivity contribution is 7.89. The third-order valence-electron chi connectivity index (χ3n) is 2.78. The fraction of sp³-hybridized carbons (Fsp3) is 0.538. The van der Waals surface area contributed by atoms with Gasteiger partial charge in [0, 0.05) is 18.2 Å². The molecule has 7 heteroatoms. The Bertz CT molecular complexity index is 573. The van der Waals surface area contributed by atoms with Gasteiger partial charge in [-0.1, -0.05) is 0 Å². The van der Waals surface area contributed by atoms with Gasteiger partial charge in [0.25, 0.3) is 0 Å². The van der Waals surface area contributed by atoms with E-state index in [1.807, 2.05) is 19.0 Å². The number of hydrogen-bond donors (Lipinski definition) is 2. The summed E-state index contributed by atoms with van der Waals surface area (Å²) in [5.41, 5.74) is 0.169. The number of benzene rings is 1. The number of nitrogens with zero attached hydrogens (tertiary/aromatic N) is 1. The summed E-state index contributed by atoms with van der Waals surface area (Å²) in [5.74, 6) is -0.576. The minimum Gasteiger partial charge on any atom is -0.392 e. The zero-order valence-corrected chi connectivity index (χ0v) is 13.0. The van der Waals surface area contributed by atoms with Crippen molar-refractivity contribution in [2.75, 3.05) is 20.6 Å². The number of halogens is 1. The van der Waals surface area contributed by atoms with Crippen molar-refractivity contribution in [3.63, 3.8) is 0 Å². The van der Waals surface area contributed by atoms with Gasteiger partial charge in [0.1, 0.15) is 5.82 Å². The van der Waals surface area contributed by atoms with Gasteiger partial charge in [-0.25, -0.2) is 17.5 Å². The molecule has 0 amide bonds. The Morgan fingerprint density at radius 3 is 2.50 bits per heavy atom. The fourth-order valence-corrected chi connectivity index (χ4v) is 3.36. The summed E-state index contributed by atoms with van der Waals surface area (Å²) in [6, 6.07) is 2.14. The number of aliphatic hydroxyl groups excluding tert-OH is 1. The number of nitrogens with one attached hydrogen (secondary N) is 1. The van der Waals surface area contributed by atoms with E-state index in [0.29, 0.717) is 6.54 Å². The van der Waals surface area contributed by atoms with Crippen LogP contribution in [0.5, 0.6) is 0 Å². The molecule has 0 aromatic heterocycles. The van der Waals surface area contributed by atoms with E-state index in [1.54, 1.807) is 6.92 Å². The quantitative estimate of drug-likeness (QED) is 0.818. The van der Waals surface area contributed by atoms with Crippen LogP contribution in [-0.4, -0.2) is 45.1 Å². The number of hydrogen-bond acceptors (Lipinski definition) is 4. The van der Waals surface area contributed by atoms with Crippen molar-refractivity contribution in [2.24, 2.45) is 0 Å². The normalized spacial score (nSPS) is 13.8. The van der Waals surface area contributed by atoms with E-state index in [4.69, 9.17) is 5.11 Å². The van der Waals surface area contributed by atoms with Crippen LogP contribution >= 0.6 is 0 Å². The van der Waals surface area contributed by atoms with Crippen LogP contribution in [0.3, 0.4) is 0 Å². The summed E-state index contributed by atoms with van der Waals surface area (Å²) in [4.78, 5) is 1.83. The standard InChI is InChI=1S/C13H21FN2O3S/c1-9-5-12(6-11(8-17)13(9)14)20(18,19)15-10(2)7-16(3)4/h5-6,10,15,17H,7-8H2,1-4H3. The lowest BCUT2D eigenvalue weighted by molar-refractivity contribution is 0.275. The highest BCUT2D eigenvalue weighted by atomic mass is 32.2. The molecule has 0 saturated carbocycles. The fourth-order valence-electron chi connectivity index (χ4n) is 1.99. The predicted molar refractivity (Wildman–Crippen MR) is 75.4 cm³/mol. The largest absolute Gasteiger partial charge is 0.392 e. The van der Waals surface area contributed by atoms with Crippen molar-refractivity contribution in [1.82, 2.24) is 9.62 Å². The molecule has 1 aromatic carbocycles. The van der Waals surface area contributed by atoms with Gasteiger partial charge >= 0.3 is 0 Å². The summed E-state index contributed by atoms with van der Waals surface area (Å²) in [5, 5.41) is 9.07. The van der Waals surface area contributed by atoms with Crippen LogP contribution in [0.4, 0.5) is 4.39 Å². The van der Waals surface area contributed by atoms with Crippen LogP contribution < -0.4 is 4.72 Å². The second-order valence-corrected chi connectivity index (χ2v) is 6.87. The van der Waals surface area contributed by atoms with Gasteiger partial charge in [-0.05, 0) is 45.6 Å². The average molecular weight is 304 g/mol. The van der Waals surface area contributed by atoms with Crippen molar-refractivity contribution in [1.29, 1.82) is 0 Å². The molecule has 5 nitrogen and oxygen atoms in total. The number of sulfonamides is 1. The Balaban J connectivity index is 3.07. The zero-order chi connectivity index (χ0) is 15.5. The van der Waals surface area contributed by atoms with Crippen molar-refractivity contribution in [3.05, 3.63) is 29.1 Å². The summed E-state index contributed by atoms with van der Waals surface area (Å²) >= 11 is 0. The number of aliphatic hydroxyl groups is 1. The lowest BCUT2D eigenvalue weighted by Gasteiger charge is -2.19. The molecular formula is C13H21FN2O3S. The van der Waals surface area contributed by atoms with Crippen molar-refractivity contribution in [3.8, 4) is 0 Å². The predicted octanol–water partition coefficient (Wildman–Crippen LogP) is 0.855. The second kappa shape index (κ2) is 6.62. The number of aryl methyl sites for hydroxylation is 1. The van der Waals surface area contributed by atoms with Crippen LogP contribution in [0.1, 0.15) is 18.1 Å². The van der Waals surface area contributed by atoms with Gasteiger partial charge in [0.15, 0.2) is 0 Å². The first-order valence-corrected chi connectivity index (χ1v) is 7.72. The second-order valence-electron chi connectivity index (χ2n) is 5.16. The third-order valence-corrected chi connectivity index (χ3v) is 4.35. The first-order chi connectivity index (χ1) is 9.17. The van der Waals surface area contributed by atoms with Gasteiger partial charge in [-0.2, -0.15) is 0 Å². The van der Waals surface area contributed by atoms with E-state index in [9.17, 15) is 12.8 Å². The average Bonchev–Trinajstić information content (AvgIpc) is 2.30. The Hall–Kier alpha value is -1.02. The maximum absolute atomic E-state index is 13.6. The van der Waals surface area contributed by atoms with Gasteiger partial charge in [0.05, 0.1) is 11.5 Å². The molecule has 0 spiro atoms. The van der Waals surface area contributed by atoms with E-state index in [0.717, 1.165) is 6.07 Å².